The summed E-state index contributed by atoms with van der Waals surface area (Å²) in [6.07, 6.45) is 3.41. The molecular weight excluding hydrogens is 304 g/mol. The van der Waals surface area contributed by atoms with E-state index in [1.807, 2.05) is 12.1 Å². The second kappa shape index (κ2) is 6.46. The number of carbonyl (C=O) groups excluding carboxylic acids is 1. The van der Waals surface area contributed by atoms with Crippen LogP contribution >= 0.6 is 28.3 Å². The number of thiazole rings is 1. The van der Waals surface area contributed by atoms with Crippen LogP contribution in [0.4, 0.5) is 0 Å². The Morgan fingerprint density at radius 1 is 1.53 bits per heavy atom. The molecule has 2 aromatic rings. The zero-order chi connectivity index (χ0) is 11.4. The average Bonchev–Trinajstić information content (AvgIpc) is 2.80. The van der Waals surface area contributed by atoms with E-state index < -0.39 is 0 Å². The zero-order valence-electron chi connectivity index (χ0n) is 9.12. The number of carbonyl (C=O) groups is 1. The maximum Gasteiger partial charge on any atom is 0.357 e. The van der Waals surface area contributed by atoms with Crippen molar-refractivity contribution in [3.63, 3.8) is 0 Å². The molecule has 0 aliphatic carbocycles. The van der Waals surface area contributed by atoms with Gasteiger partial charge >= 0.3 is 5.97 Å². The summed E-state index contributed by atoms with van der Waals surface area (Å²) in [5.41, 5.74) is 1.26. The molecule has 0 atom stereocenters. The lowest BCUT2D eigenvalue weighted by Crippen LogP contribution is -2.04. The molecule has 0 amide bonds. The van der Waals surface area contributed by atoms with Crippen LogP contribution in [0.5, 0.6) is 0 Å². The fourth-order valence-electron chi connectivity index (χ4n) is 1.19. The van der Waals surface area contributed by atoms with Crippen molar-refractivity contribution in [3.8, 4) is 10.6 Å². The van der Waals surface area contributed by atoms with Crippen molar-refractivity contribution in [1.29, 1.82) is 0 Å². The molecule has 6 heteroatoms. The third-order valence-corrected chi connectivity index (χ3v) is 2.79. The van der Waals surface area contributed by atoms with Crippen molar-refractivity contribution >= 4 is 34.3 Å². The molecule has 0 bridgehead atoms. The number of hydrogen-bond donors (Lipinski definition) is 0. The number of halogens is 1. The first kappa shape index (κ1) is 13.8. The number of esters is 1. The molecule has 0 radical (unpaired) electrons. The first-order chi connectivity index (χ1) is 7.81. The Morgan fingerprint density at radius 2 is 2.35 bits per heavy atom. The molecule has 0 saturated heterocycles. The summed E-state index contributed by atoms with van der Waals surface area (Å²) in [4.78, 5) is 19.6. The summed E-state index contributed by atoms with van der Waals surface area (Å²) in [7, 11) is 0. The monoisotopic (exact) mass is 314 g/mol. The topological polar surface area (TPSA) is 52.1 Å². The van der Waals surface area contributed by atoms with E-state index in [9.17, 15) is 4.79 Å². The smallest absolute Gasteiger partial charge is 0.357 e. The van der Waals surface area contributed by atoms with Crippen LogP contribution in [0.2, 0.25) is 0 Å². The fourth-order valence-corrected chi connectivity index (χ4v) is 1.97. The van der Waals surface area contributed by atoms with E-state index in [0.717, 1.165) is 10.6 Å². The number of pyridine rings is 1. The Kier molecular flexibility index (Phi) is 5.24. The van der Waals surface area contributed by atoms with Crippen LogP contribution in [0.1, 0.15) is 17.4 Å². The molecule has 90 valence electrons. The van der Waals surface area contributed by atoms with Crippen molar-refractivity contribution in [2.24, 2.45) is 0 Å². The molecule has 0 aliphatic rings. The van der Waals surface area contributed by atoms with Gasteiger partial charge in [-0.3, -0.25) is 4.98 Å². The standard InChI is InChI=1S/C11H10N2O2S.BrH/c1-2-15-11(14)9-7-16-10(13-9)8-4-3-5-12-6-8;/h3-7H,2H2,1H3;1H. The van der Waals surface area contributed by atoms with Crippen molar-refractivity contribution in [3.05, 3.63) is 35.6 Å². The van der Waals surface area contributed by atoms with Gasteiger partial charge in [0.05, 0.1) is 6.61 Å². The Morgan fingerprint density at radius 3 is 3.00 bits per heavy atom. The van der Waals surface area contributed by atoms with Crippen molar-refractivity contribution in [2.45, 2.75) is 6.92 Å². The summed E-state index contributed by atoms with van der Waals surface area (Å²) in [6.45, 7) is 2.13. The third kappa shape index (κ3) is 3.34. The molecule has 17 heavy (non-hydrogen) atoms. The van der Waals surface area contributed by atoms with Crippen LogP contribution in [-0.2, 0) is 4.74 Å². The molecule has 2 rings (SSSR count). The first-order valence-corrected chi connectivity index (χ1v) is 5.72. The number of hydrogen-bond acceptors (Lipinski definition) is 5. The van der Waals surface area contributed by atoms with Crippen LogP contribution in [-0.4, -0.2) is 22.5 Å². The van der Waals surface area contributed by atoms with Crippen LogP contribution in [0, 0.1) is 0 Å². The molecule has 0 spiro atoms. The van der Waals surface area contributed by atoms with Gasteiger partial charge in [0.15, 0.2) is 5.69 Å². The number of ether oxygens (including phenoxy) is 1. The molecule has 0 saturated carbocycles. The SMILES string of the molecule is Br.CCOC(=O)c1csc(-c2cccnc2)n1. The zero-order valence-corrected chi connectivity index (χ0v) is 11.7. The van der Waals surface area contributed by atoms with Gasteiger partial charge in [0.1, 0.15) is 5.01 Å². The molecule has 0 N–H and O–H groups in total. The van der Waals surface area contributed by atoms with Crippen LogP contribution < -0.4 is 0 Å². The van der Waals surface area contributed by atoms with E-state index in [2.05, 4.69) is 9.97 Å². The maximum absolute atomic E-state index is 11.4. The Hall–Kier alpha value is -1.27. The molecule has 0 aromatic carbocycles. The van der Waals surface area contributed by atoms with Crippen LogP contribution in [0.15, 0.2) is 29.9 Å². The third-order valence-electron chi connectivity index (χ3n) is 1.90. The van der Waals surface area contributed by atoms with Crippen molar-refractivity contribution in [1.82, 2.24) is 9.97 Å². The maximum atomic E-state index is 11.4. The lowest BCUT2D eigenvalue weighted by Gasteiger charge is -1.96. The quantitative estimate of drug-likeness (QED) is 0.817. The molecule has 2 aromatic heterocycles. The van der Waals surface area contributed by atoms with E-state index in [4.69, 9.17) is 4.74 Å². The largest absolute Gasteiger partial charge is 0.461 e. The Balaban J connectivity index is 0.00000144. The van der Waals surface area contributed by atoms with Gasteiger partial charge in [-0.05, 0) is 19.1 Å². The first-order valence-electron chi connectivity index (χ1n) is 4.84. The predicted octanol–water partition coefficient (Wildman–Crippen LogP) is 2.96. The minimum Gasteiger partial charge on any atom is -0.461 e. The average molecular weight is 315 g/mol. The highest BCUT2D eigenvalue weighted by molar-refractivity contribution is 8.93. The summed E-state index contributed by atoms with van der Waals surface area (Å²) in [6, 6.07) is 3.74. The minimum atomic E-state index is -0.381. The minimum absolute atomic E-state index is 0. The molecule has 0 unspecified atom stereocenters. The second-order valence-electron chi connectivity index (χ2n) is 3.00. The second-order valence-corrected chi connectivity index (χ2v) is 3.86. The van der Waals surface area contributed by atoms with Crippen LogP contribution in [0.3, 0.4) is 0 Å². The number of rotatable bonds is 3. The van der Waals surface area contributed by atoms with E-state index >= 15 is 0 Å². The molecule has 0 fully saturated rings. The number of nitrogens with zero attached hydrogens (tertiary/aromatic N) is 2. The molecule has 0 aliphatic heterocycles. The van der Waals surface area contributed by atoms with Gasteiger partial charge in [0, 0.05) is 23.3 Å². The highest BCUT2D eigenvalue weighted by Crippen LogP contribution is 2.22. The lowest BCUT2D eigenvalue weighted by atomic mass is 10.3. The summed E-state index contributed by atoms with van der Waals surface area (Å²) in [5, 5.41) is 2.47. The highest BCUT2D eigenvalue weighted by Gasteiger charge is 2.12. The Labute approximate surface area is 113 Å². The lowest BCUT2D eigenvalue weighted by molar-refractivity contribution is 0.0520. The normalized spacial score (nSPS) is 9.47. The van der Waals surface area contributed by atoms with Gasteiger partial charge in [0.25, 0.3) is 0 Å². The summed E-state index contributed by atoms with van der Waals surface area (Å²) < 4.78 is 4.87. The molecule has 2 heterocycles. The predicted molar refractivity (Wildman–Crippen MR) is 71.6 cm³/mol. The van der Waals surface area contributed by atoms with Gasteiger partial charge in [-0.2, -0.15) is 0 Å². The van der Waals surface area contributed by atoms with E-state index in [-0.39, 0.29) is 23.0 Å². The van der Waals surface area contributed by atoms with Crippen molar-refractivity contribution in [2.75, 3.05) is 6.61 Å². The van der Waals surface area contributed by atoms with Crippen LogP contribution in [0.25, 0.3) is 10.6 Å². The van der Waals surface area contributed by atoms with Gasteiger partial charge in [-0.15, -0.1) is 28.3 Å². The van der Waals surface area contributed by atoms with Gasteiger partial charge < -0.3 is 4.74 Å². The summed E-state index contributed by atoms with van der Waals surface area (Å²) in [5.74, 6) is -0.381. The van der Waals surface area contributed by atoms with Gasteiger partial charge in [0.2, 0.25) is 0 Å². The molecular formula is C11H11BrN2O2S. The van der Waals surface area contributed by atoms with Gasteiger partial charge in [-0.25, -0.2) is 9.78 Å². The highest BCUT2D eigenvalue weighted by atomic mass is 79.9. The van der Waals surface area contributed by atoms with E-state index in [0.29, 0.717) is 12.3 Å². The van der Waals surface area contributed by atoms with Crippen molar-refractivity contribution < 1.29 is 9.53 Å². The molecule has 4 nitrogen and oxygen atoms in total. The van der Waals surface area contributed by atoms with E-state index in [1.54, 1.807) is 24.7 Å². The van der Waals surface area contributed by atoms with Gasteiger partial charge in [-0.1, -0.05) is 0 Å². The number of aromatic nitrogens is 2. The fraction of sp³-hybridized carbons (Fsp3) is 0.182. The van der Waals surface area contributed by atoms with E-state index in [1.165, 1.54) is 11.3 Å². The summed E-state index contributed by atoms with van der Waals surface area (Å²) >= 11 is 1.40. The Bertz CT molecular complexity index is 487.